The highest BCUT2D eigenvalue weighted by atomic mass is 32.2. The molecule has 10 heteroatoms. The number of nitro benzene ring substituents is 1. The van der Waals surface area contributed by atoms with Gasteiger partial charge in [-0.3, -0.25) is 24.3 Å². The Hall–Kier alpha value is -4.18. The summed E-state index contributed by atoms with van der Waals surface area (Å²) in [7, 11) is 1.40. The highest BCUT2D eigenvalue weighted by molar-refractivity contribution is 7.99. The molecule has 9 nitrogen and oxygen atoms in total. The zero-order valence-electron chi connectivity index (χ0n) is 18.3. The van der Waals surface area contributed by atoms with Crippen LogP contribution in [0.15, 0.2) is 76.7 Å². The van der Waals surface area contributed by atoms with Crippen LogP contribution in [-0.4, -0.2) is 33.2 Å². The number of carbonyl (C=O) groups is 1. The first-order valence-electron chi connectivity index (χ1n) is 10.2. The van der Waals surface area contributed by atoms with Crippen LogP contribution in [0.3, 0.4) is 0 Å². The normalized spacial score (nSPS) is 10.8. The molecule has 0 fully saturated rings. The molecule has 0 saturated carbocycles. The topological polar surface area (TPSA) is 116 Å². The summed E-state index contributed by atoms with van der Waals surface area (Å²) < 4.78 is 6.49. The lowest BCUT2D eigenvalue weighted by molar-refractivity contribution is -0.384. The minimum Gasteiger partial charge on any atom is -0.496 e. The fraction of sp³-hybridized carbons (Fsp3) is 0.125. The van der Waals surface area contributed by atoms with Gasteiger partial charge in [0.15, 0.2) is 5.16 Å². The van der Waals surface area contributed by atoms with Crippen LogP contribution in [-0.2, 0) is 4.79 Å². The summed E-state index contributed by atoms with van der Waals surface area (Å²) in [5.41, 5.74) is 1.72. The molecule has 3 aromatic carbocycles. The number of para-hydroxylation sites is 1. The first-order valence-corrected chi connectivity index (χ1v) is 11.2. The summed E-state index contributed by atoms with van der Waals surface area (Å²) in [4.78, 5) is 41.3. The zero-order valence-corrected chi connectivity index (χ0v) is 19.2. The Labute approximate surface area is 198 Å². The molecule has 0 bridgehead atoms. The number of fused-ring (bicyclic) bond motifs is 1. The summed E-state index contributed by atoms with van der Waals surface area (Å²) in [6.45, 7) is 1.95. The van der Waals surface area contributed by atoms with E-state index in [1.807, 2.05) is 31.2 Å². The van der Waals surface area contributed by atoms with Gasteiger partial charge in [0.25, 0.3) is 11.2 Å². The first kappa shape index (κ1) is 23.0. The number of amides is 1. The van der Waals surface area contributed by atoms with Crippen LogP contribution in [0.4, 0.5) is 11.4 Å². The minimum atomic E-state index is -0.592. The van der Waals surface area contributed by atoms with E-state index in [-0.39, 0.29) is 22.7 Å². The van der Waals surface area contributed by atoms with Gasteiger partial charge in [0, 0.05) is 0 Å². The van der Waals surface area contributed by atoms with E-state index in [2.05, 4.69) is 10.3 Å². The molecule has 0 spiro atoms. The van der Waals surface area contributed by atoms with E-state index in [1.54, 1.807) is 24.3 Å². The monoisotopic (exact) mass is 476 g/mol. The van der Waals surface area contributed by atoms with Crippen molar-refractivity contribution in [3.63, 3.8) is 0 Å². The molecular weight excluding hydrogens is 456 g/mol. The highest BCUT2D eigenvalue weighted by Gasteiger charge is 2.19. The molecule has 0 atom stereocenters. The maximum atomic E-state index is 13.3. The molecule has 4 rings (SSSR count). The lowest BCUT2D eigenvalue weighted by Gasteiger charge is -2.13. The second kappa shape index (κ2) is 9.75. The Morgan fingerprint density at radius 3 is 2.59 bits per heavy atom. The molecule has 0 unspecified atom stereocenters. The molecule has 1 heterocycles. The highest BCUT2D eigenvalue weighted by Crippen LogP contribution is 2.29. The van der Waals surface area contributed by atoms with Gasteiger partial charge in [-0.05, 0) is 43.3 Å². The second-order valence-electron chi connectivity index (χ2n) is 7.36. The van der Waals surface area contributed by atoms with Gasteiger partial charge in [-0.25, -0.2) is 4.98 Å². The molecule has 1 aromatic heterocycles. The van der Waals surface area contributed by atoms with Crippen LogP contribution in [0.1, 0.15) is 5.56 Å². The van der Waals surface area contributed by atoms with Crippen molar-refractivity contribution in [2.45, 2.75) is 12.1 Å². The van der Waals surface area contributed by atoms with Crippen molar-refractivity contribution in [2.24, 2.45) is 0 Å². The number of nitro groups is 1. The molecule has 172 valence electrons. The fourth-order valence-electron chi connectivity index (χ4n) is 3.34. The van der Waals surface area contributed by atoms with Crippen LogP contribution < -0.4 is 15.6 Å². The third kappa shape index (κ3) is 4.76. The van der Waals surface area contributed by atoms with Gasteiger partial charge < -0.3 is 10.1 Å². The van der Waals surface area contributed by atoms with E-state index in [4.69, 9.17) is 4.74 Å². The Kier molecular flexibility index (Phi) is 6.60. The van der Waals surface area contributed by atoms with Crippen molar-refractivity contribution in [1.29, 1.82) is 0 Å². The summed E-state index contributed by atoms with van der Waals surface area (Å²) >= 11 is 1.07. The van der Waals surface area contributed by atoms with E-state index in [0.29, 0.717) is 27.5 Å². The van der Waals surface area contributed by atoms with Gasteiger partial charge in [-0.2, -0.15) is 0 Å². The van der Waals surface area contributed by atoms with Gasteiger partial charge >= 0.3 is 0 Å². The number of thioether (sulfide) groups is 1. The van der Waals surface area contributed by atoms with Gasteiger partial charge in [-0.15, -0.1) is 0 Å². The number of nitrogens with zero attached hydrogens (tertiary/aromatic N) is 3. The molecule has 4 aromatic rings. The summed E-state index contributed by atoms with van der Waals surface area (Å²) in [6, 6.07) is 18.6. The molecule has 0 radical (unpaired) electrons. The van der Waals surface area contributed by atoms with Gasteiger partial charge in [0.05, 0.1) is 40.4 Å². The molecule has 0 aliphatic rings. The second-order valence-corrected chi connectivity index (χ2v) is 8.31. The van der Waals surface area contributed by atoms with Gasteiger partial charge in [0.2, 0.25) is 5.91 Å². The summed E-state index contributed by atoms with van der Waals surface area (Å²) in [6.07, 6.45) is 0. The van der Waals surface area contributed by atoms with E-state index < -0.39 is 10.8 Å². The fourth-order valence-corrected chi connectivity index (χ4v) is 4.15. The Morgan fingerprint density at radius 2 is 1.88 bits per heavy atom. The van der Waals surface area contributed by atoms with Gasteiger partial charge in [0.1, 0.15) is 11.4 Å². The smallest absolute Gasteiger partial charge is 0.296 e. The molecule has 1 N–H and O–H groups in total. The SMILES string of the molecule is COc1ccc(NC(=O)CSc2nc3ccccc3c(=O)n2-c2ccc(C)cc2)c([N+](=O)[O-])c1. The summed E-state index contributed by atoms with van der Waals surface area (Å²) in [5, 5.41) is 14.7. The number of nitrogens with one attached hydrogen (secondary N) is 1. The molecule has 0 aliphatic heterocycles. The largest absolute Gasteiger partial charge is 0.496 e. The Morgan fingerprint density at radius 1 is 1.15 bits per heavy atom. The number of methoxy groups -OCH3 is 1. The lowest BCUT2D eigenvalue weighted by Crippen LogP contribution is -2.23. The lowest BCUT2D eigenvalue weighted by atomic mass is 10.2. The maximum Gasteiger partial charge on any atom is 0.296 e. The minimum absolute atomic E-state index is 0.0544. The number of benzene rings is 3. The van der Waals surface area contributed by atoms with Crippen molar-refractivity contribution >= 4 is 39.9 Å². The molecule has 1 amide bonds. The van der Waals surface area contributed by atoms with E-state index >= 15 is 0 Å². The van der Waals surface area contributed by atoms with Crippen molar-refractivity contribution in [2.75, 3.05) is 18.2 Å². The van der Waals surface area contributed by atoms with Crippen LogP contribution in [0.2, 0.25) is 0 Å². The third-order valence-corrected chi connectivity index (χ3v) is 5.98. The third-order valence-electron chi connectivity index (χ3n) is 5.05. The van der Waals surface area contributed by atoms with Crippen LogP contribution in [0.25, 0.3) is 16.6 Å². The predicted molar refractivity (Wildman–Crippen MR) is 131 cm³/mol. The van der Waals surface area contributed by atoms with E-state index in [1.165, 1.54) is 29.9 Å². The number of hydrogen-bond acceptors (Lipinski definition) is 7. The number of rotatable bonds is 7. The number of aryl methyl sites for hydroxylation is 1. The quantitative estimate of drug-likeness (QED) is 0.182. The number of anilines is 1. The maximum absolute atomic E-state index is 13.3. The molecule has 34 heavy (non-hydrogen) atoms. The standard InChI is InChI=1S/C24H20N4O5S/c1-15-7-9-16(10-8-15)27-23(30)18-5-3-4-6-19(18)26-24(27)34-14-22(29)25-20-12-11-17(33-2)13-21(20)28(31)32/h3-13H,14H2,1-2H3,(H,25,29). The van der Waals surface area contributed by atoms with Crippen molar-refractivity contribution < 1.29 is 14.5 Å². The van der Waals surface area contributed by atoms with Crippen molar-refractivity contribution in [3.05, 3.63) is 92.8 Å². The molecular formula is C24H20N4O5S. The Bertz CT molecular complexity index is 1450. The Balaban J connectivity index is 1.64. The van der Waals surface area contributed by atoms with Crippen molar-refractivity contribution in [3.8, 4) is 11.4 Å². The molecule has 0 aliphatic carbocycles. The predicted octanol–water partition coefficient (Wildman–Crippen LogP) is 4.34. The van der Waals surface area contributed by atoms with Crippen LogP contribution in [0.5, 0.6) is 5.75 Å². The average Bonchev–Trinajstić information content (AvgIpc) is 2.84. The number of hydrogen-bond donors (Lipinski definition) is 1. The first-order chi connectivity index (χ1) is 16.4. The number of aromatic nitrogens is 2. The zero-order chi connectivity index (χ0) is 24.2. The van der Waals surface area contributed by atoms with E-state index in [0.717, 1.165) is 17.3 Å². The average molecular weight is 477 g/mol. The van der Waals surface area contributed by atoms with E-state index in [9.17, 15) is 19.7 Å². The van der Waals surface area contributed by atoms with Gasteiger partial charge in [-0.1, -0.05) is 41.6 Å². The summed E-state index contributed by atoms with van der Waals surface area (Å²) in [5.74, 6) is -0.280. The van der Waals surface area contributed by atoms with Crippen LogP contribution in [0, 0.1) is 17.0 Å². The number of carbonyl (C=O) groups excluding carboxylic acids is 1. The molecule has 0 saturated heterocycles. The van der Waals surface area contributed by atoms with Crippen LogP contribution >= 0.6 is 11.8 Å². The van der Waals surface area contributed by atoms with Crippen molar-refractivity contribution in [1.82, 2.24) is 9.55 Å². The number of ether oxygens (including phenoxy) is 1.